The van der Waals surface area contributed by atoms with Crippen LogP contribution >= 0.6 is 0 Å². The molecular formula is C17H24N4O. The summed E-state index contributed by atoms with van der Waals surface area (Å²) in [5.74, 6) is -0.0434. The number of aliphatic imine (C=N–C) groups is 1. The Morgan fingerprint density at radius 2 is 1.86 bits per heavy atom. The molecule has 0 radical (unpaired) electrons. The van der Waals surface area contributed by atoms with E-state index in [2.05, 4.69) is 45.4 Å². The Kier molecular flexibility index (Phi) is 3.91. The fourth-order valence-corrected chi connectivity index (χ4v) is 3.08. The van der Waals surface area contributed by atoms with Crippen molar-refractivity contribution in [3.8, 4) is 0 Å². The minimum absolute atomic E-state index is 0.0434. The Morgan fingerprint density at radius 3 is 2.50 bits per heavy atom. The Morgan fingerprint density at radius 1 is 1.18 bits per heavy atom. The zero-order valence-corrected chi connectivity index (χ0v) is 13.6. The molecule has 118 valence electrons. The first kappa shape index (κ1) is 15.0. The second-order valence-corrected chi connectivity index (χ2v) is 6.67. The number of amides is 1. The molecule has 0 aromatic heterocycles. The van der Waals surface area contributed by atoms with Gasteiger partial charge in [-0.2, -0.15) is 0 Å². The van der Waals surface area contributed by atoms with Crippen molar-refractivity contribution in [3.63, 3.8) is 0 Å². The highest BCUT2D eigenvalue weighted by Crippen LogP contribution is 2.24. The quantitative estimate of drug-likeness (QED) is 0.915. The van der Waals surface area contributed by atoms with Crippen molar-refractivity contribution >= 4 is 17.3 Å². The molecule has 22 heavy (non-hydrogen) atoms. The second-order valence-electron chi connectivity index (χ2n) is 6.67. The number of carbonyl (C=O) groups is 1. The summed E-state index contributed by atoms with van der Waals surface area (Å²) in [7, 11) is 2.16. The minimum Gasteiger partial charge on any atom is -0.369 e. The predicted molar refractivity (Wildman–Crippen MR) is 89.5 cm³/mol. The van der Waals surface area contributed by atoms with Crippen molar-refractivity contribution in [2.24, 2.45) is 4.99 Å². The fourth-order valence-electron chi connectivity index (χ4n) is 3.08. The van der Waals surface area contributed by atoms with Gasteiger partial charge in [-0.05, 0) is 32.5 Å². The van der Waals surface area contributed by atoms with E-state index in [1.54, 1.807) is 0 Å². The van der Waals surface area contributed by atoms with E-state index in [-0.39, 0.29) is 5.91 Å². The van der Waals surface area contributed by atoms with E-state index < -0.39 is 5.66 Å². The maximum absolute atomic E-state index is 12.1. The lowest BCUT2D eigenvalue weighted by Gasteiger charge is -2.35. The third-order valence-corrected chi connectivity index (χ3v) is 4.29. The van der Waals surface area contributed by atoms with Gasteiger partial charge in [0.05, 0.1) is 0 Å². The molecule has 5 nitrogen and oxygen atoms in total. The maximum Gasteiger partial charge on any atom is 0.267 e. The number of piperazine rings is 1. The molecule has 0 spiro atoms. The first-order chi connectivity index (χ1) is 10.4. The first-order valence-electron chi connectivity index (χ1n) is 7.87. The van der Waals surface area contributed by atoms with Crippen molar-refractivity contribution in [2.75, 3.05) is 38.1 Å². The zero-order chi connectivity index (χ0) is 15.7. The Bertz CT molecular complexity index is 600. The van der Waals surface area contributed by atoms with Crippen LogP contribution in [-0.2, 0) is 11.2 Å². The zero-order valence-electron chi connectivity index (χ0n) is 13.6. The SMILES string of the molecule is CN1CCN(c2ccccc2CC2=NC(C)(C)NC2=O)CC1. The highest BCUT2D eigenvalue weighted by atomic mass is 16.2. The number of carbonyl (C=O) groups excluding carboxylic acids is 1. The molecule has 0 aliphatic carbocycles. The number of hydrogen-bond donors (Lipinski definition) is 1. The Labute approximate surface area is 132 Å². The van der Waals surface area contributed by atoms with E-state index in [1.807, 2.05) is 19.9 Å². The standard InChI is InChI=1S/C17H24N4O/c1-17(2)18-14(16(22)19-17)12-13-6-4-5-7-15(13)21-10-8-20(3)9-11-21/h4-7H,8-12H2,1-3H3,(H,19,22). The normalized spacial score (nSPS) is 21.7. The molecule has 0 bridgehead atoms. The summed E-state index contributed by atoms with van der Waals surface area (Å²) >= 11 is 0. The van der Waals surface area contributed by atoms with Gasteiger partial charge in [0.25, 0.3) is 5.91 Å². The number of rotatable bonds is 3. The van der Waals surface area contributed by atoms with Crippen LogP contribution in [0.25, 0.3) is 0 Å². The molecule has 2 aliphatic rings. The Hall–Kier alpha value is -1.88. The van der Waals surface area contributed by atoms with Crippen LogP contribution < -0.4 is 10.2 Å². The van der Waals surface area contributed by atoms with Gasteiger partial charge in [0.2, 0.25) is 0 Å². The average molecular weight is 300 g/mol. The van der Waals surface area contributed by atoms with Crippen molar-refractivity contribution in [2.45, 2.75) is 25.9 Å². The molecule has 2 heterocycles. The summed E-state index contributed by atoms with van der Waals surface area (Å²) in [5.41, 5.74) is 2.57. The van der Waals surface area contributed by atoms with Crippen molar-refractivity contribution in [1.82, 2.24) is 10.2 Å². The third kappa shape index (κ3) is 3.14. The van der Waals surface area contributed by atoms with Crippen LogP contribution in [0, 0.1) is 0 Å². The lowest BCUT2D eigenvalue weighted by Crippen LogP contribution is -2.44. The van der Waals surface area contributed by atoms with Crippen LogP contribution in [0.5, 0.6) is 0 Å². The van der Waals surface area contributed by atoms with E-state index in [9.17, 15) is 4.79 Å². The van der Waals surface area contributed by atoms with Gasteiger partial charge in [0.15, 0.2) is 0 Å². The number of nitrogens with zero attached hydrogens (tertiary/aromatic N) is 3. The molecule has 0 atom stereocenters. The first-order valence-corrected chi connectivity index (χ1v) is 7.87. The smallest absolute Gasteiger partial charge is 0.267 e. The van der Waals surface area contributed by atoms with Crippen LogP contribution in [0.4, 0.5) is 5.69 Å². The largest absolute Gasteiger partial charge is 0.369 e. The van der Waals surface area contributed by atoms with Gasteiger partial charge in [0.1, 0.15) is 11.4 Å². The number of benzene rings is 1. The van der Waals surface area contributed by atoms with Crippen LogP contribution in [0.1, 0.15) is 19.4 Å². The molecule has 1 aromatic rings. The van der Waals surface area contributed by atoms with E-state index >= 15 is 0 Å². The van der Waals surface area contributed by atoms with Gasteiger partial charge in [-0.25, -0.2) is 0 Å². The van der Waals surface area contributed by atoms with Crippen molar-refractivity contribution < 1.29 is 4.79 Å². The lowest BCUT2D eigenvalue weighted by atomic mass is 10.0. The molecule has 0 unspecified atom stereocenters. The number of nitrogens with one attached hydrogen (secondary N) is 1. The van der Waals surface area contributed by atoms with Gasteiger partial charge in [0, 0.05) is 38.3 Å². The summed E-state index contributed by atoms with van der Waals surface area (Å²) in [4.78, 5) is 21.3. The van der Waals surface area contributed by atoms with Crippen LogP contribution in [0.2, 0.25) is 0 Å². The average Bonchev–Trinajstić information content (AvgIpc) is 2.73. The highest BCUT2D eigenvalue weighted by Gasteiger charge is 2.31. The van der Waals surface area contributed by atoms with Crippen molar-refractivity contribution in [1.29, 1.82) is 0 Å². The number of anilines is 1. The molecule has 0 saturated carbocycles. The third-order valence-electron chi connectivity index (χ3n) is 4.29. The minimum atomic E-state index is -0.477. The summed E-state index contributed by atoms with van der Waals surface area (Å²) in [5, 5.41) is 2.91. The van der Waals surface area contributed by atoms with E-state index in [1.165, 1.54) is 11.3 Å². The summed E-state index contributed by atoms with van der Waals surface area (Å²) in [6, 6.07) is 8.36. The van der Waals surface area contributed by atoms with E-state index in [0.717, 1.165) is 26.2 Å². The monoisotopic (exact) mass is 300 g/mol. The molecule has 1 saturated heterocycles. The molecule has 1 fully saturated rings. The fraction of sp³-hybridized carbons (Fsp3) is 0.529. The van der Waals surface area contributed by atoms with Gasteiger partial charge >= 0.3 is 0 Å². The predicted octanol–water partition coefficient (Wildman–Crippen LogP) is 1.29. The van der Waals surface area contributed by atoms with Gasteiger partial charge < -0.3 is 15.1 Å². The molecule has 1 amide bonds. The Balaban J connectivity index is 1.82. The maximum atomic E-state index is 12.1. The number of para-hydroxylation sites is 1. The summed E-state index contributed by atoms with van der Waals surface area (Å²) < 4.78 is 0. The van der Waals surface area contributed by atoms with E-state index in [0.29, 0.717) is 12.1 Å². The molecule has 2 aliphatic heterocycles. The highest BCUT2D eigenvalue weighted by molar-refractivity contribution is 6.41. The van der Waals surface area contributed by atoms with Gasteiger partial charge in [-0.1, -0.05) is 18.2 Å². The molecular weight excluding hydrogens is 276 g/mol. The number of hydrogen-bond acceptors (Lipinski definition) is 4. The van der Waals surface area contributed by atoms with Gasteiger partial charge in [-0.15, -0.1) is 0 Å². The van der Waals surface area contributed by atoms with E-state index in [4.69, 9.17) is 0 Å². The van der Waals surface area contributed by atoms with Crippen LogP contribution in [0.3, 0.4) is 0 Å². The molecule has 1 aromatic carbocycles. The van der Waals surface area contributed by atoms with Crippen LogP contribution in [0.15, 0.2) is 29.3 Å². The van der Waals surface area contributed by atoms with Crippen LogP contribution in [-0.4, -0.2) is 55.4 Å². The summed E-state index contributed by atoms with van der Waals surface area (Å²) in [6.45, 7) is 8.04. The van der Waals surface area contributed by atoms with Crippen molar-refractivity contribution in [3.05, 3.63) is 29.8 Å². The topological polar surface area (TPSA) is 47.9 Å². The molecule has 1 N–H and O–H groups in total. The lowest BCUT2D eigenvalue weighted by molar-refractivity contribution is -0.115. The molecule has 5 heteroatoms. The molecule has 3 rings (SSSR count). The van der Waals surface area contributed by atoms with Gasteiger partial charge in [-0.3, -0.25) is 9.79 Å². The number of likely N-dealkylation sites (N-methyl/N-ethyl adjacent to an activating group) is 1. The second kappa shape index (κ2) is 5.72. The summed E-state index contributed by atoms with van der Waals surface area (Å²) in [6.07, 6.45) is 0.595.